The largest absolute Gasteiger partial charge is 0.493 e. The summed E-state index contributed by atoms with van der Waals surface area (Å²) in [5.74, 6) is 1.02. The zero-order chi connectivity index (χ0) is 14.6. The van der Waals surface area contributed by atoms with Crippen LogP contribution in [-0.4, -0.2) is 18.2 Å². The Bertz CT molecular complexity index is 658. The van der Waals surface area contributed by atoms with Crippen molar-refractivity contribution in [3.05, 3.63) is 41.5 Å². The summed E-state index contributed by atoms with van der Waals surface area (Å²) in [5, 5.41) is 0. The number of carbonyl (C=O) groups excluding carboxylic acids is 2. The molecule has 0 saturated heterocycles. The van der Waals surface area contributed by atoms with Crippen LogP contribution in [0.2, 0.25) is 0 Å². The summed E-state index contributed by atoms with van der Waals surface area (Å²) in [7, 11) is 0. The second-order valence-corrected chi connectivity index (χ2v) is 6.26. The normalized spacial score (nSPS) is 32.2. The van der Waals surface area contributed by atoms with Gasteiger partial charge in [0.1, 0.15) is 5.75 Å². The van der Waals surface area contributed by atoms with Gasteiger partial charge in [-0.05, 0) is 30.7 Å². The molecule has 2 bridgehead atoms. The zero-order valence-electron chi connectivity index (χ0n) is 12.0. The lowest BCUT2D eigenvalue weighted by molar-refractivity contribution is 0.0716. The Hall–Kier alpha value is -1.90. The molecule has 1 saturated carbocycles. The van der Waals surface area contributed by atoms with Crippen LogP contribution in [0.1, 0.15) is 40.5 Å². The van der Waals surface area contributed by atoms with E-state index in [4.69, 9.17) is 4.74 Å². The molecule has 4 atom stereocenters. The molecule has 3 heteroatoms. The minimum Gasteiger partial charge on any atom is -0.493 e. The van der Waals surface area contributed by atoms with Gasteiger partial charge in [-0.25, -0.2) is 0 Å². The second-order valence-electron chi connectivity index (χ2n) is 6.26. The molecule has 108 valence electrons. The molecule has 0 spiro atoms. The Morgan fingerprint density at radius 3 is 2.52 bits per heavy atom. The van der Waals surface area contributed by atoms with Crippen molar-refractivity contribution in [1.82, 2.24) is 0 Å². The number of Topliss-reactive ketones (excluding diaryl/α,β-unsaturated/α-hetero) is 2. The molecule has 0 heterocycles. The van der Waals surface area contributed by atoms with E-state index in [1.165, 1.54) is 0 Å². The predicted molar refractivity (Wildman–Crippen MR) is 78.6 cm³/mol. The molecule has 4 rings (SSSR count). The van der Waals surface area contributed by atoms with E-state index < -0.39 is 0 Å². The third kappa shape index (κ3) is 1.66. The topological polar surface area (TPSA) is 43.4 Å². The van der Waals surface area contributed by atoms with Crippen molar-refractivity contribution in [2.75, 3.05) is 6.61 Å². The Labute approximate surface area is 124 Å². The maximum absolute atomic E-state index is 13.0. The number of hydrogen-bond donors (Lipinski definition) is 0. The van der Waals surface area contributed by atoms with Gasteiger partial charge in [0, 0.05) is 17.4 Å². The summed E-state index contributed by atoms with van der Waals surface area (Å²) in [6.45, 7) is 2.59. The average molecular weight is 282 g/mol. The lowest BCUT2D eigenvalue weighted by Gasteiger charge is -2.32. The Balaban J connectivity index is 1.82. The fourth-order valence-electron chi connectivity index (χ4n) is 4.21. The molecule has 1 aromatic rings. The lowest BCUT2D eigenvalue weighted by atomic mass is 9.69. The van der Waals surface area contributed by atoms with Crippen molar-refractivity contribution in [2.45, 2.75) is 19.8 Å². The monoisotopic (exact) mass is 282 g/mol. The van der Waals surface area contributed by atoms with Crippen LogP contribution in [0.3, 0.4) is 0 Å². The fraction of sp³-hybridized carbons (Fsp3) is 0.444. The molecule has 0 radical (unpaired) electrons. The van der Waals surface area contributed by atoms with Crippen LogP contribution in [0.4, 0.5) is 0 Å². The number of ether oxygens (including phenoxy) is 1. The van der Waals surface area contributed by atoms with Crippen LogP contribution >= 0.6 is 0 Å². The Morgan fingerprint density at radius 2 is 1.81 bits per heavy atom. The van der Waals surface area contributed by atoms with Crippen molar-refractivity contribution >= 4 is 11.6 Å². The van der Waals surface area contributed by atoms with Gasteiger partial charge in [-0.2, -0.15) is 0 Å². The highest BCUT2D eigenvalue weighted by molar-refractivity contribution is 6.18. The maximum Gasteiger partial charge on any atom is 0.171 e. The van der Waals surface area contributed by atoms with E-state index in [1.54, 1.807) is 6.07 Å². The highest BCUT2D eigenvalue weighted by Gasteiger charge is 2.55. The maximum atomic E-state index is 13.0. The smallest absolute Gasteiger partial charge is 0.171 e. The molecule has 21 heavy (non-hydrogen) atoms. The van der Waals surface area contributed by atoms with Crippen LogP contribution in [0.15, 0.2) is 30.4 Å². The summed E-state index contributed by atoms with van der Waals surface area (Å²) in [5.41, 5.74) is 1.09. The first-order valence-corrected chi connectivity index (χ1v) is 7.75. The van der Waals surface area contributed by atoms with Crippen molar-refractivity contribution in [2.24, 2.45) is 23.7 Å². The zero-order valence-corrected chi connectivity index (χ0v) is 12.0. The molecular weight excluding hydrogens is 264 g/mol. The van der Waals surface area contributed by atoms with E-state index in [0.29, 0.717) is 23.5 Å². The molecule has 3 aliphatic rings. The minimum absolute atomic E-state index is 0.109. The van der Waals surface area contributed by atoms with E-state index in [-0.39, 0.29) is 35.2 Å². The van der Waals surface area contributed by atoms with Crippen molar-refractivity contribution in [1.29, 1.82) is 0 Å². The summed E-state index contributed by atoms with van der Waals surface area (Å²) in [4.78, 5) is 25.8. The van der Waals surface area contributed by atoms with Gasteiger partial charge in [0.15, 0.2) is 11.6 Å². The quantitative estimate of drug-likeness (QED) is 0.799. The van der Waals surface area contributed by atoms with Gasteiger partial charge in [-0.3, -0.25) is 9.59 Å². The van der Waals surface area contributed by atoms with Gasteiger partial charge >= 0.3 is 0 Å². The third-order valence-electron chi connectivity index (χ3n) is 5.06. The van der Waals surface area contributed by atoms with Crippen LogP contribution in [0.25, 0.3) is 0 Å². The second kappa shape index (κ2) is 4.55. The van der Waals surface area contributed by atoms with E-state index in [0.717, 1.165) is 12.8 Å². The third-order valence-corrected chi connectivity index (χ3v) is 5.06. The number of allylic oxidation sites excluding steroid dienone is 2. The number of benzene rings is 1. The van der Waals surface area contributed by atoms with Gasteiger partial charge in [0.2, 0.25) is 0 Å². The summed E-state index contributed by atoms with van der Waals surface area (Å²) in [6, 6.07) is 5.40. The SMILES string of the molecule is CCCOc1cccc2c1C(=O)C1C3C=CC(C3)C1C2=O. The lowest BCUT2D eigenvalue weighted by Crippen LogP contribution is -2.39. The predicted octanol–water partition coefficient (Wildman–Crippen LogP) is 3.29. The Kier molecular flexibility index (Phi) is 2.78. The average Bonchev–Trinajstić information content (AvgIpc) is 3.11. The molecule has 3 nitrogen and oxygen atoms in total. The van der Waals surface area contributed by atoms with Gasteiger partial charge in [0.05, 0.1) is 12.2 Å². The fourth-order valence-corrected chi connectivity index (χ4v) is 4.21. The van der Waals surface area contributed by atoms with E-state index in [9.17, 15) is 9.59 Å². The molecule has 0 amide bonds. The first-order chi connectivity index (χ1) is 10.2. The van der Waals surface area contributed by atoms with Crippen LogP contribution in [0.5, 0.6) is 5.75 Å². The van der Waals surface area contributed by atoms with Crippen molar-refractivity contribution < 1.29 is 14.3 Å². The summed E-state index contributed by atoms with van der Waals surface area (Å²) in [6.07, 6.45) is 6.08. The van der Waals surface area contributed by atoms with Gasteiger partial charge in [-0.15, -0.1) is 0 Å². The van der Waals surface area contributed by atoms with Crippen LogP contribution in [0, 0.1) is 23.7 Å². The number of carbonyl (C=O) groups is 2. The molecule has 0 N–H and O–H groups in total. The molecule has 3 aliphatic carbocycles. The molecule has 0 aliphatic heterocycles. The molecule has 1 aromatic carbocycles. The van der Waals surface area contributed by atoms with Gasteiger partial charge < -0.3 is 4.74 Å². The van der Waals surface area contributed by atoms with Gasteiger partial charge in [0.25, 0.3) is 0 Å². The number of rotatable bonds is 3. The summed E-state index contributed by atoms with van der Waals surface area (Å²) >= 11 is 0. The minimum atomic E-state index is -0.161. The highest BCUT2D eigenvalue weighted by Crippen LogP contribution is 2.53. The molecule has 4 unspecified atom stereocenters. The van der Waals surface area contributed by atoms with E-state index in [2.05, 4.69) is 12.2 Å². The van der Waals surface area contributed by atoms with Gasteiger partial charge in [-0.1, -0.05) is 31.2 Å². The van der Waals surface area contributed by atoms with Crippen molar-refractivity contribution in [3.63, 3.8) is 0 Å². The first-order valence-electron chi connectivity index (χ1n) is 7.75. The van der Waals surface area contributed by atoms with E-state index in [1.807, 2.05) is 19.1 Å². The van der Waals surface area contributed by atoms with Crippen LogP contribution < -0.4 is 4.74 Å². The highest BCUT2D eigenvalue weighted by atomic mass is 16.5. The van der Waals surface area contributed by atoms with Crippen molar-refractivity contribution in [3.8, 4) is 5.75 Å². The standard InChI is InChI=1S/C18H18O3/c1-2-8-21-13-5-3-4-12-16(13)18(20)15-11-7-6-10(9-11)14(15)17(12)19/h3-7,10-11,14-15H,2,8-9H2,1H3. The summed E-state index contributed by atoms with van der Waals surface area (Å²) < 4.78 is 5.71. The molecule has 1 fully saturated rings. The molecular formula is C18H18O3. The number of hydrogen-bond acceptors (Lipinski definition) is 3. The first kappa shape index (κ1) is 12.8. The molecule has 0 aromatic heterocycles. The van der Waals surface area contributed by atoms with Crippen LogP contribution in [-0.2, 0) is 0 Å². The number of ketones is 2. The van der Waals surface area contributed by atoms with E-state index >= 15 is 0 Å². The number of fused-ring (bicyclic) bond motifs is 6. The Morgan fingerprint density at radius 1 is 1.10 bits per heavy atom.